The van der Waals surface area contributed by atoms with Gasteiger partial charge in [-0.1, -0.05) is 0 Å². The van der Waals surface area contributed by atoms with E-state index in [4.69, 9.17) is 4.52 Å². The van der Waals surface area contributed by atoms with Gasteiger partial charge in [0, 0.05) is 6.21 Å². The lowest BCUT2D eigenvalue weighted by Crippen LogP contribution is -1.67. The molecule has 6 heavy (non-hydrogen) atoms. The van der Waals surface area contributed by atoms with Gasteiger partial charge >= 0.3 is 0 Å². The molecule has 1 aliphatic heterocycles. The highest BCUT2D eigenvalue weighted by atomic mass is 31.1. The van der Waals surface area contributed by atoms with Gasteiger partial charge in [-0.3, -0.25) is 0 Å². The summed E-state index contributed by atoms with van der Waals surface area (Å²) >= 11 is 0. The Labute approximate surface area is 37.8 Å². The Balaban J connectivity index is 2.46. The monoisotopic (exact) mass is 101 g/mol. The fourth-order valence-electron chi connectivity index (χ4n) is 0.209. The van der Waals surface area contributed by atoms with E-state index in [1.165, 1.54) is 0 Å². The van der Waals surface area contributed by atoms with Gasteiger partial charge in [0.25, 0.3) is 0 Å². The van der Waals surface area contributed by atoms with E-state index in [9.17, 15) is 0 Å². The molecule has 1 aliphatic rings. The van der Waals surface area contributed by atoms with Gasteiger partial charge in [0.1, 0.15) is 0 Å². The summed E-state index contributed by atoms with van der Waals surface area (Å²) in [6, 6.07) is 0. The summed E-state index contributed by atoms with van der Waals surface area (Å²) in [5.41, 5.74) is 0. The third-order valence-corrected chi connectivity index (χ3v) is 0.909. The number of allylic oxidation sites excluding steroid dienone is 1. The zero-order valence-electron chi connectivity index (χ0n) is 3.09. The molecule has 0 bridgehead atoms. The molecule has 0 saturated heterocycles. The van der Waals surface area contributed by atoms with Gasteiger partial charge in [-0.2, -0.15) is 0 Å². The van der Waals surface area contributed by atoms with Gasteiger partial charge in [0.2, 0.25) is 0 Å². The Hall–Kier alpha value is -0.360. The van der Waals surface area contributed by atoms with Crippen molar-refractivity contribution in [3.05, 3.63) is 12.3 Å². The molecule has 3 heteroatoms. The molecule has 1 atom stereocenters. The molecule has 0 spiro atoms. The molecular formula is C3H4NOP. The second kappa shape index (κ2) is 1.93. The molecule has 0 aromatic carbocycles. The first kappa shape index (κ1) is 3.82. The molecule has 1 heterocycles. The molecule has 0 amide bonds. The van der Waals surface area contributed by atoms with Crippen LogP contribution >= 0.6 is 8.96 Å². The number of nitrogens with zero attached hydrogens (tertiary/aromatic N) is 1. The van der Waals surface area contributed by atoms with E-state index in [1.807, 2.05) is 0 Å². The van der Waals surface area contributed by atoms with Crippen LogP contribution in [0.15, 0.2) is 17.1 Å². The van der Waals surface area contributed by atoms with Crippen LogP contribution in [0.4, 0.5) is 0 Å². The van der Waals surface area contributed by atoms with Crippen molar-refractivity contribution < 1.29 is 4.52 Å². The fourth-order valence-corrected chi connectivity index (χ4v) is 0.556. The van der Waals surface area contributed by atoms with Gasteiger partial charge < -0.3 is 4.52 Å². The summed E-state index contributed by atoms with van der Waals surface area (Å²) in [5, 5.41) is 0. The van der Waals surface area contributed by atoms with Gasteiger partial charge in [-0.25, -0.2) is 4.76 Å². The maximum Gasteiger partial charge on any atom is 0.195 e. The summed E-state index contributed by atoms with van der Waals surface area (Å²) in [7, 11) is 0.284. The average Bonchev–Trinajstić information content (AvgIpc) is 1.72. The molecule has 0 saturated carbocycles. The first-order valence-corrected chi connectivity index (χ1v) is 2.44. The van der Waals surface area contributed by atoms with Crippen LogP contribution in [0.2, 0.25) is 0 Å². The first-order chi connectivity index (χ1) is 3.00. The summed E-state index contributed by atoms with van der Waals surface area (Å²) in [4.78, 5) is 0. The third kappa shape index (κ3) is 0.798. The SMILES string of the molecule is C1=COPN=C1. The molecule has 1 rings (SSSR count). The van der Waals surface area contributed by atoms with Gasteiger partial charge in [-0.05, 0) is 6.08 Å². The molecule has 0 aromatic heterocycles. The highest BCUT2D eigenvalue weighted by Crippen LogP contribution is 2.14. The van der Waals surface area contributed by atoms with Crippen molar-refractivity contribution in [3.8, 4) is 0 Å². The smallest absolute Gasteiger partial charge is 0.195 e. The maximum absolute atomic E-state index is 4.72. The highest BCUT2D eigenvalue weighted by molar-refractivity contribution is 7.31. The predicted molar refractivity (Wildman–Crippen MR) is 27.0 cm³/mol. The molecule has 0 aliphatic carbocycles. The van der Waals surface area contributed by atoms with Gasteiger partial charge in [0.15, 0.2) is 8.96 Å². The maximum atomic E-state index is 4.72. The number of rotatable bonds is 0. The second-order valence-corrected chi connectivity index (χ2v) is 1.49. The summed E-state index contributed by atoms with van der Waals surface area (Å²) in [6.45, 7) is 0. The van der Waals surface area contributed by atoms with E-state index >= 15 is 0 Å². The van der Waals surface area contributed by atoms with E-state index in [-0.39, 0.29) is 8.96 Å². The predicted octanol–water partition coefficient (Wildman–Crippen LogP) is 1.11. The van der Waals surface area contributed by atoms with E-state index in [1.54, 1.807) is 18.6 Å². The first-order valence-electron chi connectivity index (χ1n) is 1.59. The van der Waals surface area contributed by atoms with Crippen LogP contribution in [0.1, 0.15) is 0 Å². The molecule has 32 valence electrons. The van der Waals surface area contributed by atoms with Crippen molar-refractivity contribution >= 4 is 15.2 Å². The Kier molecular flexibility index (Phi) is 1.23. The van der Waals surface area contributed by atoms with Crippen LogP contribution in [0.25, 0.3) is 0 Å². The van der Waals surface area contributed by atoms with Crippen LogP contribution in [0.3, 0.4) is 0 Å². The summed E-state index contributed by atoms with van der Waals surface area (Å²) < 4.78 is 8.49. The molecule has 2 nitrogen and oxygen atoms in total. The van der Waals surface area contributed by atoms with Gasteiger partial charge in [-0.15, -0.1) is 0 Å². The topological polar surface area (TPSA) is 21.6 Å². The zero-order chi connectivity index (χ0) is 4.24. The summed E-state index contributed by atoms with van der Waals surface area (Å²) in [6.07, 6.45) is 5.11. The minimum absolute atomic E-state index is 0.284. The lowest BCUT2D eigenvalue weighted by Gasteiger charge is -1.93. The third-order valence-electron chi connectivity index (χ3n) is 0.413. The lowest BCUT2D eigenvalue weighted by molar-refractivity contribution is 0.550. The standard InChI is InChI=1S/C3H4NOP/c1-2-4-6-5-3-1/h1-3,6H. The zero-order valence-corrected chi connectivity index (χ0v) is 4.09. The number of hydrogen-bond acceptors (Lipinski definition) is 2. The fraction of sp³-hybridized carbons (Fsp3) is 0. The molecule has 0 radical (unpaired) electrons. The van der Waals surface area contributed by atoms with Crippen molar-refractivity contribution in [2.75, 3.05) is 0 Å². The van der Waals surface area contributed by atoms with Crippen LogP contribution in [0, 0.1) is 0 Å². The molecular weight excluding hydrogens is 97.0 g/mol. The van der Waals surface area contributed by atoms with Crippen LogP contribution in [-0.4, -0.2) is 6.21 Å². The van der Waals surface area contributed by atoms with Gasteiger partial charge in [0.05, 0.1) is 6.26 Å². The minimum Gasteiger partial charge on any atom is -0.461 e. The molecule has 0 N–H and O–H groups in total. The Morgan fingerprint density at radius 2 is 2.67 bits per heavy atom. The van der Waals surface area contributed by atoms with E-state index < -0.39 is 0 Å². The largest absolute Gasteiger partial charge is 0.461 e. The number of hydrogen-bond donors (Lipinski definition) is 0. The van der Waals surface area contributed by atoms with E-state index in [2.05, 4.69) is 4.76 Å². The highest BCUT2D eigenvalue weighted by Gasteiger charge is 1.76. The van der Waals surface area contributed by atoms with E-state index in [0.717, 1.165) is 0 Å². The van der Waals surface area contributed by atoms with Crippen LogP contribution in [-0.2, 0) is 4.52 Å². The molecule has 0 fully saturated rings. The van der Waals surface area contributed by atoms with Crippen LogP contribution in [0.5, 0.6) is 0 Å². The van der Waals surface area contributed by atoms with Crippen molar-refractivity contribution in [2.45, 2.75) is 0 Å². The second-order valence-electron chi connectivity index (χ2n) is 0.816. The molecule has 1 unspecified atom stereocenters. The van der Waals surface area contributed by atoms with Crippen molar-refractivity contribution in [2.24, 2.45) is 4.76 Å². The normalized spacial score (nSPS) is 21.3. The Bertz CT molecular complexity index is 76.8. The van der Waals surface area contributed by atoms with Crippen molar-refractivity contribution in [3.63, 3.8) is 0 Å². The quantitative estimate of drug-likeness (QED) is 0.419. The average molecular weight is 101 g/mol. The van der Waals surface area contributed by atoms with E-state index in [0.29, 0.717) is 0 Å². The van der Waals surface area contributed by atoms with Crippen molar-refractivity contribution in [1.82, 2.24) is 0 Å². The molecule has 0 aromatic rings. The van der Waals surface area contributed by atoms with Crippen LogP contribution < -0.4 is 0 Å². The minimum atomic E-state index is 0.284. The summed E-state index contributed by atoms with van der Waals surface area (Å²) in [5.74, 6) is 0. The Morgan fingerprint density at radius 3 is 2.83 bits per heavy atom. The van der Waals surface area contributed by atoms with Crippen molar-refractivity contribution in [1.29, 1.82) is 0 Å². The Morgan fingerprint density at radius 1 is 1.67 bits per heavy atom. The lowest BCUT2D eigenvalue weighted by atomic mass is 10.7.